The van der Waals surface area contributed by atoms with Crippen LogP contribution >= 0.6 is 11.6 Å². The van der Waals surface area contributed by atoms with Crippen molar-refractivity contribution in [3.05, 3.63) is 69.1 Å². The van der Waals surface area contributed by atoms with Crippen molar-refractivity contribution in [1.82, 2.24) is 24.4 Å². The van der Waals surface area contributed by atoms with Crippen molar-refractivity contribution >= 4 is 11.6 Å². The number of aromatic nitrogens is 4. The van der Waals surface area contributed by atoms with E-state index in [1.54, 1.807) is 18.5 Å². The molecule has 3 aromatic rings. The third-order valence-electron chi connectivity index (χ3n) is 4.41. The molecule has 0 aliphatic carbocycles. The molecule has 0 spiro atoms. The van der Waals surface area contributed by atoms with Gasteiger partial charge in [-0.15, -0.1) is 0 Å². The molecule has 0 fully saturated rings. The van der Waals surface area contributed by atoms with Crippen LogP contribution in [-0.4, -0.2) is 31.0 Å². The summed E-state index contributed by atoms with van der Waals surface area (Å²) >= 11 is 5.93. The number of nitrogens with zero attached hydrogens (tertiary/aromatic N) is 4. The molecule has 3 heterocycles. The van der Waals surface area contributed by atoms with Crippen LogP contribution in [0.1, 0.15) is 17.0 Å². The van der Waals surface area contributed by atoms with E-state index in [1.807, 2.05) is 29.9 Å². The molecule has 0 unspecified atom stereocenters. The second-order valence-electron chi connectivity index (χ2n) is 6.34. The van der Waals surface area contributed by atoms with Gasteiger partial charge in [0.05, 0.1) is 23.3 Å². The first kappa shape index (κ1) is 16.1. The summed E-state index contributed by atoms with van der Waals surface area (Å²) < 4.78 is 1.93. The minimum Gasteiger partial charge on any atom is -0.340 e. The van der Waals surface area contributed by atoms with Crippen molar-refractivity contribution in [2.75, 3.05) is 6.54 Å². The molecular weight excluding hydrogens is 338 g/mol. The third kappa shape index (κ3) is 3.36. The Bertz CT molecular complexity index is 960. The maximum atomic E-state index is 12.6. The van der Waals surface area contributed by atoms with Gasteiger partial charge in [-0.1, -0.05) is 11.6 Å². The number of rotatable bonds is 3. The third-order valence-corrected chi connectivity index (χ3v) is 4.66. The second-order valence-corrected chi connectivity index (χ2v) is 6.77. The summed E-state index contributed by atoms with van der Waals surface area (Å²) in [4.78, 5) is 26.7. The zero-order valence-electron chi connectivity index (χ0n) is 13.9. The fraction of sp³-hybridized carbons (Fsp3) is 0.278. The lowest BCUT2D eigenvalue weighted by molar-refractivity contribution is 0.239. The Labute approximate surface area is 150 Å². The smallest absolute Gasteiger partial charge is 0.255 e. The predicted octanol–water partition coefficient (Wildman–Crippen LogP) is 2.38. The quantitative estimate of drug-likeness (QED) is 0.783. The predicted molar refractivity (Wildman–Crippen MR) is 96.3 cm³/mol. The van der Waals surface area contributed by atoms with Gasteiger partial charge < -0.3 is 9.55 Å². The number of nitrogens with one attached hydrogen (secondary N) is 1. The molecule has 1 aromatic carbocycles. The second kappa shape index (κ2) is 6.46. The van der Waals surface area contributed by atoms with E-state index in [-0.39, 0.29) is 5.56 Å². The molecule has 1 aliphatic rings. The van der Waals surface area contributed by atoms with Gasteiger partial charge in [-0.25, -0.2) is 9.97 Å². The van der Waals surface area contributed by atoms with Crippen LogP contribution in [0.15, 0.2) is 41.6 Å². The highest BCUT2D eigenvalue weighted by molar-refractivity contribution is 6.30. The van der Waals surface area contributed by atoms with Gasteiger partial charge in [0.2, 0.25) is 0 Å². The van der Waals surface area contributed by atoms with E-state index in [0.29, 0.717) is 17.4 Å². The van der Waals surface area contributed by atoms with Crippen molar-refractivity contribution in [3.8, 4) is 11.4 Å². The molecule has 1 aliphatic heterocycles. The van der Waals surface area contributed by atoms with Gasteiger partial charge in [-0.3, -0.25) is 9.69 Å². The van der Waals surface area contributed by atoms with Gasteiger partial charge >= 0.3 is 0 Å². The highest BCUT2D eigenvalue weighted by Crippen LogP contribution is 2.21. The molecule has 25 heavy (non-hydrogen) atoms. The van der Waals surface area contributed by atoms with Crippen LogP contribution in [0.4, 0.5) is 0 Å². The Balaban J connectivity index is 1.59. The topological polar surface area (TPSA) is 66.8 Å². The fourth-order valence-electron chi connectivity index (χ4n) is 3.14. The largest absolute Gasteiger partial charge is 0.340 e. The Morgan fingerprint density at radius 3 is 2.80 bits per heavy atom. The van der Waals surface area contributed by atoms with E-state index in [0.717, 1.165) is 42.0 Å². The summed E-state index contributed by atoms with van der Waals surface area (Å²) in [5, 5.41) is 0.661. The number of fused-ring (bicyclic) bond motifs is 1. The van der Waals surface area contributed by atoms with Crippen LogP contribution in [0.5, 0.6) is 0 Å². The lowest BCUT2D eigenvalue weighted by atomic mass is 10.1. The van der Waals surface area contributed by atoms with Crippen molar-refractivity contribution in [3.63, 3.8) is 0 Å². The van der Waals surface area contributed by atoms with E-state index in [4.69, 9.17) is 11.6 Å². The lowest BCUT2D eigenvalue weighted by Gasteiger charge is -2.27. The van der Waals surface area contributed by atoms with Gasteiger partial charge in [-0.05, 0) is 24.3 Å². The van der Waals surface area contributed by atoms with E-state index in [2.05, 4.69) is 19.9 Å². The number of hydrogen-bond acceptors (Lipinski definition) is 4. The summed E-state index contributed by atoms with van der Waals surface area (Å²) in [5.41, 5.74) is 3.43. The average Bonchev–Trinajstić information content (AvgIpc) is 3.01. The van der Waals surface area contributed by atoms with Gasteiger partial charge in [0.15, 0.2) is 0 Å². The summed E-state index contributed by atoms with van der Waals surface area (Å²) in [7, 11) is 1.95. The lowest BCUT2D eigenvalue weighted by Crippen LogP contribution is -2.35. The minimum atomic E-state index is -0.0688. The number of imidazole rings is 1. The summed E-state index contributed by atoms with van der Waals surface area (Å²) in [6.45, 7) is 2.19. The van der Waals surface area contributed by atoms with Crippen LogP contribution in [-0.2, 0) is 26.6 Å². The Hall–Kier alpha value is -2.44. The molecular formula is C18H18ClN5O. The standard InChI is InChI=1S/C18H18ClN5O/c1-23-8-14(20-11-23)9-24-7-6-16-15(10-24)18(25)22-17(21-16)12-2-4-13(19)5-3-12/h2-5,8,11H,6-7,9-10H2,1H3,(H,21,22,25). The first-order valence-corrected chi connectivity index (χ1v) is 8.53. The van der Waals surface area contributed by atoms with Crippen molar-refractivity contribution in [2.45, 2.75) is 19.5 Å². The molecule has 0 saturated heterocycles. The van der Waals surface area contributed by atoms with Crippen molar-refractivity contribution < 1.29 is 0 Å². The highest BCUT2D eigenvalue weighted by Gasteiger charge is 2.22. The maximum absolute atomic E-state index is 12.6. The molecule has 128 valence electrons. The number of halogens is 1. The Kier molecular flexibility index (Phi) is 4.15. The van der Waals surface area contributed by atoms with Crippen LogP contribution in [0.2, 0.25) is 5.02 Å². The van der Waals surface area contributed by atoms with E-state index < -0.39 is 0 Å². The Morgan fingerprint density at radius 1 is 1.28 bits per heavy atom. The fourth-order valence-corrected chi connectivity index (χ4v) is 3.26. The summed E-state index contributed by atoms with van der Waals surface area (Å²) in [6.07, 6.45) is 4.55. The molecule has 6 nitrogen and oxygen atoms in total. The van der Waals surface area contributed by atoms with E-state index in [1.165, 1.54) is 0 Å². The molecule has 1 N–H and O–H groups in total. The van der Waals surface area contributed by atoms with Gasteiger partial charge in [-0.2, -0.15) is 0 Å². The van der Waals surface area contributed by atoms with Crippen molar-refractivity contribution in [1.29, 1.82) is 0 Å². The first-order valence-electron chi connectivity index (χ1n) is 8.16. The van der Waals surface area contributed by atoms with Crippen LogP contribution < -0.4 is 5.56 Å². The monoisotopic (exact) mass is 355 g/mol. The van der Waals surface area contributed by atoms with Crippen LogP contribution in [0.25, 0.3) is 11.4 Å². The van der Waals surface area contributed by atoms with Gasteiger partial charge in [0.1, 0.15) is 5.82 Å². The molecule has 0 bridgehead atoms. The number of hydrogen-bond donors (Lipinski definition) is 1. The minimum absolute atomic E-state index is 0.0688. The Morgan fingerprint density at radius 2 is 2.08 bits per heavy atom. The molecule has 0 saturated carbocycles. The normalized spacial score (nSPS) is 14.5. The van der Waals surface area contributed by atoms with Gasteiger partial charge in [0.25, 0.3) is 5.56 Å². The van der Waals surface area contributed by atoms with Crippen LogP contribution in [0.3, 0.4) is 0 Å². The number of H-pyrrole nitrogens is 1. The molecule has 4 rings (SSSR count). The number of benzene rings is 1. The van der Waals surface area contributed by atoms with Gasteiger partial charge in [0, 0.05) is 49.9 Å². The summed E-state index contributed by atoms with van der Waals surface area (Å²) in [5.74, 6) is 0.596. The van der Waals surface area contributed by atoms with Crippen molar-refractivity contribution in [2.24, 2.45) is 7.05 Å². The zero-order chi connectivity index (χ0) is 17.4. The first-order chi connectivity index (χ1) is 12.1. The van der Waals surface area contributed by atoms with Crippen LogP contribution in [0, 0.1) is 0 Å². The summed E-state index contributed by atoms with van der Waals surface area (Å²) in [6, 6.07) is 7.32. The molecule has 0 atom stereocenters. The average molecular weight is 356 g/mol. The number of aryl methyl sites for hydroxylation is 1. The molecule has 0 radical (unpaired) electrons. The molecule has 2 aromatic heterocycles. The molecule has 7 heteroatoms. The van der Waals surface area contributed by atoms with E-state index >= 15 is 0 Å². The van der Waals surface area contributed by atoms with E-state index in [9.17, 15) is 4.79 Å². The highest BCUT2D eigenvalue weighted by atomic mass is 35.5. The number of aromatic amines is 1. The zero-order valence-corrected chi connectivity index (χ0v) is 14.6. The maximum Gasteiger partial charge on any atom is 0.255 e. The SMILES string of the molecule is Cn1cnc(CN2CCc3nc(-c4ccc(Cl)cc4)[nH]c(=O)c3C2)c1. The molecule has 0 amide bonds.